The van der Waals surface area contributed by atoms with Gasteiger partial charge in [0.05, 0.1) is 0 Å². The van der Waals surface area contributed by atoms with E-state index in [4.69, 9.17) is 4.74 Å². The average molecular weight is 533 g/mol. The quantitative estimate of drug-likeness (QED) is 0.154. The van der Waals surface area contributed by atoms with Crippen molar-refractivity contribution in [3.8, 4) is 16.9 Å². The highest BCUT2D eigenvalue weighted by molar-refractivity contribution is 6.59. The summed E-state index contributed by atoms with van der Waals surface area (Å²) in [5.74, 6) is -1.43. The van der Waals surface area contributed by atoms with Crippen molar-refractivity contribution in [2.45, 2.75) is 121 Å². The number of ether oxygens (including phenoxy) is 1. The van der Waals surface area contributed by atoms with Crippen LogP contribution in [0.5, 0.6) is 5.75 Å². The Morgan fingerprint density at radius 3 is 2.05 bits per heavy atom. The smallest absolute Gasteiger partial charge is 0.190 e. The number of hydrogen-bond donors (Lipinski definition) is 0. The van der Waals surface area contributed by atoms with Crippen molar-refractivity contribution in [2.75, 3.05) is 6.61 Å². The first-order valence-corrected chi connectivity index (χ1v) is 17.3. The standard InChI is InChI=1S/C32H47F3OSi/c1-3-5-7-8-9-10-12-29(33)24-36-32-30(34)22-28(23-31(32)35)26-15-13-25(14-16-26)27-17-20-37(21-18-27)19-11-6-4-2/h13-16,22-23,27,29,37H,3-12,17-21,24H2,1-2H3/t27?,29-,37?/m1/s1. The Hall–Kier alpha value is -1.75. The molecule has 0 aliphatic carbocycles. The molecule has 206 valence electrons. The summed E-state index contributed by atoms with van der Waals surface area (Å²) in [4.78, 5) is 0. The molecule has 1 aliphatic heterocycles. The Morgan fingerprint density at radius 2 is 1.41 bits per heavy atom. The molecule has 3 rings (SSSR count). The molecule has 0 saturated carbocycles. The number of halogens is 3. The van der Waals surface area contributed by atoms with E-state index in [1.54, 1.807) is 0 Å². The second kappa shape index (κ2) is 16.3. The van der Waals surface area contributed by atoms with Gasteiger partial charge in [-0.05, 0) is 54.0 Å². The minimum absolute atomic E-state index is 0.319. The predicted octanol–water partition coefficient (Wildman–Crippen LogP) is 10.4. The Balaban J connectivity index is 1.49. The molecular formula is C32H47F3OSi. The minimum Gasteiger partial charge on any atom is -0.485 e. The number of rotatable bonds is 16. The Bertz CT molecular complexity index is 886. The summed E-state index contributed by atoms with van der Waals surface area (Å²) in [6.45, 7) is 4.12. The van der Waals surface area contributed by atoms with Crippen LogP contribution >= 0.6 is 0 Å². The van der Waals surface area contributed by atoms with E-state index in [1.807, 2.05) is 12.1 Å². The first kappa shape index (κ1) is 29.8. The minimum atomic E-state index is -1.22. The molecule has 0 N–H and O–H groups in total. The molecule has 1 aliphatic rings. The van der Waals surface area contributed by atoms with Crippen molar-refractivity contribution in [2.24, 2.45) is 0 Å². The molecule has 0 aromatic heterocycles. The third-order valence-electron chi connectivity index (χ3n) is 8.06. The van der Waals surface area contributed by atoms with Gasteiger partial charge in [-0.25, -0.2) is 13.2 Å². The number of hydrogen-bond acceptors (Lipinski definition) is 1. The van der Waals surface area contributed by atoms with E-state index < -0.39 is 32.4 Å². The molecule has 37 heavy (non-hydrogen) atoms. The molecule has 2 aromatic rings. The molecule has 1 nitrogen and oxygen atoms in total. The van der Waals surface area contributed by atoms with Crippen molar-refractivity contribution < 1.29 is 17.9 Å². The maximum absolute atomic E-state index is 14.7. The van der Waals surface area contributed by atoms with E-state index >= 15 is 0 Å². The van der Waals surface area contributed by atoms with E-state index in [0.29, 0.717) is 17.9 Å². The van der Waals surface area contributed by atoms with Crippen LogP contribution in [0.3, 0.4) is 0 Å². The molecule has 0 spiro atoms. The highest BCUT2D eigenvalue weighted by Gasteiger charge is 2.23. The van der Waals surface area contributed by atoms with E-state index in [0.717, 1.165) is 24.8 Å². The summed E-state index contributed by atoms with van der Waals surface area (Å²) in [5.41, 5.74) is 2.59. The van der Waals surface area contributed by atoms with Gasteiger partial charge in [0.15, 0.2) is 17.4 Å². The van der Waals surface area contributed by atoms with E-state index in [9.17, 15) is 13.2 Å². The van der Waals surface area contributed by atoms with Crippen LogP contribution in [0.25, 0.3) is 11.1 Å². The highest BCUT2D eigenvalue weighted by Crippen LogP contribution is 2.36. The maximum Gasteiger partial charge on any atom is 0.190 e. The molecule has 0 unspecified atom stereocenters. The molecular weight excluding hydrogens is 485 g/mol. The van der Waals surface area contributed by atoms with Crippen molar-refractivity contribution in [1.29, 1.82) is 0 Å². The molecule has 2 aromatic carbocycles. The zero-order chi connectivity index (χ0) is 26.5. The van der Waals surface area contributed by atoms with Crippen LogP contribution in [-0.4, -0.2) is 21.6 Å². The lowest BCUT2D eigenvalue weighted by Gasteiger charge is -2.28. The summed E-state index contributed by atoms with van der Waals surface area (Å²) in [5, 5.41) is 0. The third-order valence-corrected chi connectivity index (χ3v) is 11.6. The van der Waals surface area contributed by atoms with Gasteiger partial charge in [-0.15, -0.1) is 0 Å². The Kier molecular flexibility index (Phi) is 13.1. The van der Waals surface area contributed by atoms with Gasteiger partial charge in [-0.3, -0.25) is 0 Å². The van der Waals surface area contributed by atoms with E-state index in [2.05, 4.69) is 26.0 Å². The molecule has 1 saturated heterocycles. The fourth-order valence-electron chi connectivity index (χ4n) is 5.68. The monoisotopic (exact) mass is 532 g/mol. The zero-order valence-electron chi connectivity index (χ0n) is 23.1. The van der Waals surface area contributed by atoms with Crippen molar-refractivity contribution in [3.05, 3.63) is 53.6 Å². The lowest BCUT2D eigenvalue weighted by atomic mass is 9.92. The molecule has 5 heteroatoms. The van der Waals surface area contributed by atoms with Crippen LogP contribution in [0.4, 0.5) is 13.2 Å². The van der Waals surface area contributed by atoms with Gasteiger partial charge >= 0.3 is 0 Å². The van der Waals surface area contributed by atoms with Crippen LogP contribution in [0.1, 0.15) is 102 Å². The summed E-state index contributed by atoms with van der Waals surface area (Å²) < 4.78 is 48.8. The van der Waals surface area contributed by atoms with Gasteiger partial charge in [0.1, 0.15) is 12.8 Å². The number of alkyl halides is 1. The second-order valence-corrected chi connectivity index (χ2v) is 14.5. The van der Waals surface area contributed by atoms with Crippen LogP contribution in [0.15, 0.2) is 36.4 Å². The SMILES string of the molecule is CCCCCCCC[C@@H](F)COc1c(F)cc(-c2ccc(C3CC[SiH](CCCCC)CC3)cc2)cc1F. The molecule has 1 heterocycles. The summed E-state index contributed by atoms with van der Waals surface area (Å²) in [6.07, 6.45) is 12.2. The normalized spacial score (nSPS) is 18.6. The fraction of sp³-hybridized carbons (Fsp3) is 0.625. The van der Waals surface area contributed by atoms with E-state index in [-0.39, 0.29) is 6.61 Å². The fourth-order valence-corrected chi connectivity index (χ4v) is 9.16. The van der Waals surface area contributed by atoms with Crippen LogP contribution in [0, 0.1) is 11.6 Å². The van der Waals surface area contributed by atoms with Gasteiger partial charge in [0.25, 0.3) is 0 Å². The molecule has 0 amide bonds. The Labute approximate surface area is 224 Å². The largest absolute Gasteiger partial charge is 0.485 e. The number of benzene rings is 2. The second-order valence-electron chi connectivity index (χ2n) is 11.1. The maximum atomic E-state index is 14.7. The van der Waals surface area contributed by atoms with E-state index in [1.165, 1.54) is 87.2 Å². The molecule has 1 atom stereocenters. The average Bonchev–Trinajstić information content (AvgIpc) is 2.91. The lowest BCUT2D eigenvalue weighted by Crippen LogP contribution is -2.20. The van der Waals surface area contributed by atoms with Crippen LogP contribution in [0.2, 0.25) is 18.1 Å². The lowest BCUT2D eigenvalue weighted by molar-refractivity contribution is 0.173. The zero-order valence-corrected chi connectivity index (χ0v) is 24.2. The van der Waals surface area contributed by atoms with Crippen LogP contribution < -0.4 is 4.74 Å². The third kappa shape index (κ3) is 9.81. The number of unbranched alkanes of at least 4 members (excludes halogenated alkanes) is 7. The highest BCUT2D eigenvalue weighted by atomic mass is 28.3. The molecule has 0 radical (unpaired) electrons. The Morgan fingerprint density at radius 1 is 0.811 bits per heavy atom. The van der Waals surface area contributed by atoms with Crippen LogP contribution in [-0.2, 0) is 0 Å². The first-order valence-electron chi connectivity index (χ1n) is 14.9. The van der Waals surface area contributed by atoms with Gasteiger partial charge < -0.3 is 4.74 Å². The van der Waals surface area contributed by atoms with Crippen molar-refractivity contribution in [3.63, 3.8) is 0 Å². The van der Waals surface area contributed by atoms with Gasteiger partial charge in [0.2, 0.25) is 0 Å². The van der Waals surface area contributed by atoms with Gasteiger partial charge in [-0.1, -0.05) is 114 Å². The molecule has 0 bridgehead atoms. The topological polar surface area (TPSA) is 9.23 Å². The summed E-state index contributed by atoms with van der Waals surface area (Å²) in [6, 6.07) is 15.1. The van der Waals surface area contributed by atoms with Crippen molar-refractivity contribution in [1.82, 2.24) is 0 Å². The van der Waals surface area contributed by atoms with Gasteiger partial charge in [-0.2, -0.15) is 0 Å². The van der Waals surface area contributed by atoms with Gasteiger partial charge in [0, 0.05) is 8.80 Å². The first-order chi connectivity index (χ1) is 18.0. The summed E-state index contributed by atoms with van der Waals surface area (Å²) in [7, 11) is -0.538. The van der Waals surface area contributed by atoms with Crippen molar-refractivity contribution >= 4 is 8.80 Å². The molecule has 1 fully saturated rings. The predicted molar refractivity (Wildman–Crippen MR) is 153 cm³/mol. The summed E-state index contributed by atoms with van der Waals surface area (Å²) >= 11 is 0.